The molecule has 8 nitrogen and oxygen atoms in total. The molecule has 3 rings (SSSR count). The Labute approximate surface area is 181 Å². The van der Waals surface area contributed by atoms with Gasteiger partial charge in [-0.15, -0.1) is 0 Å². The molecule has 1 saturated heterocycles. The molecule has 1 fully saturated rings. The van der Waals surface area contributed by atoms with Gasteiger partial charge in [-0.1, -0.05) is 6.07 Å². The van der Waals surface area contributed by atoms with E-state index in [4.69, 9.17) is 4.74 Å². The Hall–Kier alpha value is -3.39. The predicted molar refractivity (Wildman–Crippen MR) is 119 cm³/mol. The number of hydrogen-bond acceptors (Lipinski definition) is 4. The highest BCUT2D eigenvalue weighted by Crippen LogP contribution is 2.15. The van der Waals surface area contributed by atoms with Gasteiger partial charge in [0.05, 0.1) is 0 Å². The standard InChI is InChI=1S/C23H28N4O4/c1-15-5-8-19(14-16(15)2)27-23(30)26-18-9-6-17(7-10-18)21(28)24-11-12-25-22(29)20-4-3-13-31-20/h5-10,14,20H,3-4,11-13H2,1-2H3,(H,24,28)(H,25,29)(H2,26,27,30). The van der Waals surface area contributed by atoms with Crippen LogP contribution in [0.15, 0.2) is 42.5 Å². The summed E-state index contributed by atoms with van der Waals surface area (Å²) >= 11 is 0. The van der Waals surface area contributed by atoms with Crippen molar-refractivity contribution in [3.63, 3.8) is 0 Å². The average molecular weight is 425 g/mol. The molecule has 2 aromatic rings. The smallest absolute Gasteiger partial charge is 0.323 e. The highest BCUT2D eigenvalue weighted by molar-refractivity contribution is 6.00. The van der Waals surface area contributed by atoms with Gasteiger partial charge in [0.2, 0.25) is 5.91 Å². The van der Waals surface area contributed by atoms with E-state index in [1.807, 2.05) is 32.0 Å². The lowest BCUT2D eigenvalue weighted by Gasteiger charge is -2.11. The second-order valence-corrected chi connectivity index (χ2v) is 7.50. The summed E-state index contributed by atoms with van der Waals surface area (Å²) in [6, 6.07) is 11.9. The minimum atomic E-state index is -0.372. The minimum absolute atomic E-state index is 0.138. The first-order valence-corrected chi connectivity index (χ1v) is 10.4. The van der Waals surface area contributed by atoms with Crippen LogP contribution in [0.2, 0.25) is 0 Å². The number of hydrogen-bond donors (Lipinski definition) is 4. The van der Waals surface area contributed by atoms with E-state index in [0.717, 1.165) is 24.0 Å². The summed E-state index contributed by atoms with van der Waals surface area (Å²) < 4.78 is 5.31. The van der Waals surface area contributed by atoms with E-state index in [1.54, 1.807) is 24.3 Å². The van der Waals surface area contributed by atoms with Crippen LogP contribution in [-0.2, 0) is 9.53 Å². The number of nitrogens with one attached hydrogen (secondary N) is 4. The molecule has 0 bridgehead atoms. The molecule has 8 heteroatoms. The zero-order valence-electron chi connectivity index (χ0n) is 17.8. The van der Waals surface area contributed by atoms with Crippen molar-refractivity contribution in [2.45, 2.75) is 32.8 Å². The largest absolute Gasteiger partial charge is 0.368 e. The average Bonchev–Trinajstić information content (AvgIpc) is 3.29. The van der Waals surface area contributed by atoms with Crippen LogP contribution in [0.25, 0.3) is 0 Å². The molecule has 4 N–H and O–H groups in total. The molecule has 0 aliphatic carbocycles. The van der Waals surface area contributed by atoms with E-state index in [-0.39, 0.29) is 23.9 Å². The molecule has 0 aromatic heterocycles. The molecule has 0 radical (unpaired) electrons. The Morgan fingerprint density at radius 2 is 1.58 bits per heavy atom. The minimum Gasteiger partial charge on any atom is -0.368 e. The van der Waals surface area contributed by atoms with E-state index in [9.17, 15) is 14.4 Å². The van der Waals surface area contributed by atoms with E-state index >= 15 is 0 Å². The van der Waals surface area contributed by atoms with Crippen molar-refractivity contribution in [2.75, 3.05) is 30.3 Å². The SMILES string of the molecule is Cc1ccc(NC(=O)Nc2ccc(C(=O)NCCNC(=O)C3CCCO3)cc2)cc1C. The third kappa shape index (κ3) is 6.55. The molecule has 2 aromatic carbocycles. The second kappa shape index (κ2) is 10.6. The maximum absolute atomic E-state index is 12.2. The molecule has 0 saturated carbocycles. The fourth-order valence-electron chi connectivity index (χ4n) is 3.18. The van der Waals surface area contributed by atoms with Gasteiger partial charge in [0, 0.05) is 36.6 Å². The van der Waals surface area contributed by atoms with Crippen molar-refractivity contribution in [2.24, 2.45) is 0 Å². The van der Waals surface area contributed by atoms with Crippen LogP contribution in [-0.4, -0.2) is 43.6 Å². The first-order valence-electron chi connectivity index (χ1n) is 10.4. The van der Waals surface area contributed by atoms with Gasteiger partial charge in [0.1, 0.15) is 6.10 Å². The van der Waals surface area contributed by atoms with Gasteiger partial charge in [-0.25, -0.2) is 4.79 Å². The van der Waals surface area contributed by atoms with E-state index in [0.29, 0.717) is 36.6 Å². The molecule has 1 aliphatic rings. The molecule has 1 aliphatic heterocycles. The fraction of sp³-hybridized carbons (Fsp3) is 0.348. The maximum Gasteiger partial charge on any atom is 0.323 e. The quantitative estimate of drug-likeness (QED) is 0.513. The van der Waals surface area contributed by atoms with Gasteiger partial charge in [-0.05, 0) is 74.2 Å². The number of rotatable bonds is 7. The lowest BCUT2D eigenvalue weighted by atomic mass is 10.1. The number of amides is 4. The zero-order chi connectivity index (χ0) is 22.2. The van der Waals surface area contributed by atoms with Crippen LogP contribution < -0.4 is 21.3 Å². The molecular weight excluding hydrogens is 396 g/mol. The third-order valence-corrected chi connectivity index (χ3v) is 5.10. The van der Waals surface area contributed by atoms with Crippen molar-refractivity contribution in [3.05, 3.63) is 59.2 Å². The molecule has 31 heavy (non-hydrogen) atoms. The molecular formula is C23H28N4O4. The Kier molecular flexibility index (Phi) is 7.61. The van der Waals surface area contributed by atoms with Crippen molar-refractivity contribution in [1.29, 1.82) is 0 Å². The van der Waals surface area contributed by atoms with Gasteiger partial charge in [-0.3, -0.25) is 9.59 Å². The van der Waals surface area contributed by atoms with Gasteiger partial charge >= 0.3 is 6.03 Å². The molecule has 1 heterocycles. The summed E-state index contributed by atoms with van der Waals surface area (Å²) in [5.74, 6) is -0.390. The van der Waals surface area contributed by atoms with Gasteiger partial charge in [-0.2, -0.15) is 0 Å². The van der Waals surface area contributed by atoms with Crippen molar-refractivity contribution in [1.82, 2.24) is 10.6 Å². The number of ether oxygens (including phenoxy) is 1. The lowest BCUT2D eigenvalue weighted by molar-refractivity contribution is -0.129. The van der Waals surface area contributed by atoms with Crippen molar-refractivity contribution < 1.29 is 19.1 Å². The van der Waals surface area contributed by atoms with Gasteiger partial charge in [0.15, 0.2) is 0 Å². The summed E-state index contributed by atoms with van der Waals surface area (Å²) in [4.78, 5) is 36.3. The number of urea groups is 1. The van der Waals surface area contributed by atoms with Gasteiger partial charge < -0.3 is 26.0 Å². The Morgan fingerprint density at radius 3 is 2.26 bits per heavy atom. The number of benzene rings is 2. The van der Waals surface area contributed by atoms with Crippen molar-refractivity contribution >= 4 is 29.2 Å². The second-order valence-electron chi connectivity index (χ2n) is 7.50. The Bertz CT molecular complexity index is 937. The molecule has 4 amide bonds. The molecule has 1 unspecified atom stereocenters. The van der Waals surface area contributed by atoms with Crippen LogP contribution in [0.1, 0.15) is 34.3 Å². The van der Waals surface area contributed by atoms with Crippen molar-refractivity contribution in [3.8, 4) is 0 Å². The Morgan fingerprint density at radius 1 is 0.903 bits per heavy atom. The molecule has 164 valence electrons. The predicted octanol–water partition coefficient (Wildman–Crippen LogP) is 2.97. The van der Waals surface area contributed by atoms with Crippen LogP contribution in [0, 0.1) is 13.8 Å². The number of aryl methyl sites for hydroxylation is 2. The molecule has 1 atom stereocenters. The van der Waals surface area contributed by atoms with Crippen LogP contribution >= 0.6 is 0 Å². The first-order chi connectivity index (χ1) is 14.9. The summed E-state index contributed by atoms with van der Waals surface area (Å²) in [5, 5.41) is 11.0. The monoisotopic (exact) mass is 424 g/mol. The zero-order valence-corrected chi connectivity index (χ0v) is 17.8. The first kappa shape index (κ1) is 22.3. The van der Waals surface area contributed by atoms with Crippen LogP contribution in [0.4, 0.5) is 16.2 Å². The maximum atomic E-state index is 12.2. The number of anilines is 2. The topological polar surface area (TPSA) is 109 Å². The van der Waals surface area contributed by atoms with Gasteiger partial charge in [0.25, 0.3) is 5.91 Å². The summed E-state index contributed by atoms with van der Waals surface area (Å²) in [6.45, 7) is 5.27. The summed E-state index contributed by atoms with van der Waals surface area (Å²) in [5.41, 5.74) is 4.00. The highest BCUT2D eigenvalue weighted by Gasteiger charge is 2.22. The lowest BCUT2D eigenvalue weighted by Crippen LogP contribution is -2.39. The molecule has 0 spiro atoms. The van der Waals surface area contributed by atoms with Crippen LogP contribution in [0.5, 0.6) is 0 Å². The van der Waals surface area contributed by atoms with E-state index in [2.05, 4.69) is 21.3 Å². The third-order valence-electron chi connectivity index (χ3n) is 5.10. The fourth-order valence-corrected chi connectivity index (χ4v) is 3.18. The summed E-state index contributed by atoms with van der Waals surface area (Å²) in [7, 11) is 0. The van der Waals surface area contributed by atoms with E-state index in [1.165, 1.54) is 0 Å². The van der Waals surface area contributed by atoms with Crippen LogP contribution in [0.3, 0.4) is 0 Å². The number of carbonyl (C=O) groups excluding carboxylic acids is 3. The Balaban J connectivity index is 1.41. The highest BCUT2D eigenvalue weighted by atomic mass is 16.5. The van der Waals surface area contributed by atoms with E-state index < -0.39 is 0 Å². The summed E-state index contributed by atoms with van der Waals surface area (Å²) in [6.07, 6.45) is 1.26. The number of carbonyl (C=O) groups is 3. The normalized spacial score (nSPS) is 15.2.